The maximum absolute atomic E-state index is 12.1. The minimum absolute atomic E-state index is 0.0260. The summed E-state index contributed by atoms with van der Waals surface area (Å²) in [7, 11) is 0. The van der Waals surface area contributed by atoms with Gasteiger partial charge < -0.3 is 11.1 Å². The molecule has 2 rings (SSSR count). The fourth-order valence-corrected chi connectivity index (χ4v) is 2.84. The zero-order chi connectivity index (χ0) is 13.9. The Bertz CT molecular complexity index is 444. The van der Waals surface area contributed by atoms with E-state index in [1.807, 2.05) is 26.0 Å². The first-order valence-corrected chi connectivity index (χ1v) is 7.01. The largest absolute Gasteiger partial charge is 0.325 e. The summed E-state index contributed by atoms with van der Waals surface area (Å²) < 4.78 is 0. The number of anilines is 1. The van der Waals surface area contributed by atoms with E-state index in [0.717, 1.165) is 36.9 Å². The Balaban J connectivity index is 1.97. The first-order chi connectivity index (χ1) is 8.97. The van der Waals surface area contributed by atoms with Gasteiger partial charge in [-0.1, -0.05) is 19.3 Å². The third kappa shape index (κ3) is 4.03. The topological polar surface area (TPSA) is 68.0 Å². The number of carbonyl (C=O) groups excluding carboxylic acids is 1. The first-order valence-electron chi connectivity index (χ1n) is 7.01. The molecule has 0 saturated heterocycles. The van der Waals surface area contributed by atoms with Crippen molar-refractivity contribution in [3.63, 3.8) is 0 Å². The predicted octanol–water partition coefficient (Wildman–Crippen LogP) is 2.69. The lowest BCUT2D eigenvalue weighted by molar-refractivity contribution is -0.117. The van der Waals surface area contributed by atoms with Gasteiger partial charge >= 0.3 is 0 Å². The van der Waals surface area contributed by atoms with Crippen molar-refractivity contribution < 1.29 is 4.79 Å². The molecule has 1 heterocycles. The van der Waals surface area contributed by atoms with E-state index in [9.17, 15) is 4.79 Å². The van der Waals surface area contributed by atoms with E-state index < -0.39 is 0 Å². The molecule has 4 nitrogen and oxygen atoms in total. The fourth-order valence-electron chi connectivity index (χ4n) is 2.84. The number of pyridine rings is 1. The molecular formula is C15H23N3O. The molecule has 1 aliphatic rings. The Kier molecular flexibility index (Phi) is 4.20. The molecule has 104 valence electrons. The average Bonchev–Trinajstić information content (AvgIpc) is 2.27. The van der Waals surface area contributed by atoms with Crippen LogP contribution >= 0.6 is 0 Å². The van der Waals surface area contributed by atoms with Crippen molar-refractivity contribution in [1.82, 2.24) is 4.98 Å². The normalized spacial score (nSPS) is 18.1. The SMILES string of the molecule is Cc1cc(C)nc(NC(=O)CC2(N)CCCCC2)c1. The number of aryl methyl sites for hydroxylation is 2. The number of rotatable bonds is 3. The van der Waals surface area contributed by atoms with Gasteiger partial charge in [0.15, 0.2) is 0 Å². The average molecular weight is 261 g/mol. The monoisotopic (exact) mass is 261 g/mol. The second-order valence-corrected chi connectivity index (χ2v) is 5.82. The zero-order valence-electron chi connectivity index (χ0n) is 11.8. The first kappa shape index (κ1) is 14.0. The van der Waals surface area contributed by atoms with Gasteiger partial charge in [0.2, 0.25) is 5.91 Å². The third-order valence-corrected chi connectivity index (χ3v) is 3.73. The van der Waals surface area contributed by atoms with Crippen LogP contribution in [0, 0.1) is 13.8 Å². The third-order valence-electron chi connectivity index (χ3n) is 3.73. The molecule has 1 aromatic rings. The number of amides is 1. The van der Waals surface area contributed by atoms with Crippen LogP contribution in [0.3, 0.4) is 0 Å². The van der Waals surface area contributed by atoms with E-state index in [1.165, 1.54) is 6.42 Å². The molecule has 1 aromatic heterocycles. The summed E-state index contributed by atoms with van der Waals surface area (Å²) in [4.78, 5) is 16.4. The van der Waals surface area contributed by atoms with E-state index in [2.05, 4.69) is 10.3 Å². The number of hydrogen-bond acceptors (Lipinski definition) is 3. The fraction of sp³-hybridized carbons (Fsp3) is 0.600. The summed E-state index contributed by atoms with van der Waals surface area (Å²) >= 11 is 0. The highest BCUT2D eigenvalue weighted by molar-refractivity contribution is 5.90. The summed E-state index contributed by atoms with van der Waals surface area (Å²) in [5, 5.41) is 2.87. The number of nitrogens with two attached hydrogens (primary N) is 1. The van der Waals surface area contributed by atoms with E-state index in [-0.39, 0.29) is 11.4 Å². The minimum atomic E-state index is -0.318. The van der Waals surface area contributed by atoms with Crippen LogP contribution in [0.5, 0.6) is 0 Å². The quantitative estimate of drug-likeness (QED) is 0.879. The maximum atomic E-state index is 12.1. The molecule has 1 amide bonds. The molecule has 0 aliphatic heterocycles. The Morgan fingerprint density at radius 2 is 2.00 bits per heavy atom. The van der Waals surface area contributed by atoms with Gasteiger partial charge in [0.1, 0.15) is 5.82 Å². The molecular weight excluding hydrogens is 238 g/mol. The van der Waals surface area contributed by atoms with Gasteiger partial charge in [-0.15, -0.1) is 0 Å². The van der Waals surface area contributed by atoms with Crippen LogP contribution < -0.4 is 11.1 Å². The predicted molar refractivity (Wildman–Crippen MR) is 77.0 cm³/mol. The molecule has 19 heavy (non-hydrogen) atoms. The van der Waals surface area contributed by atoms with Crippen LogP contribution in [0.2, 0.25) is 0 Å². The van der Waals surface area contributed by atoms with Crippen molar-refractivity contribution in [3.05, 3.63) is 23.4 Å². The van der Waals surface area contributed by atoms with Crippen molar-refractivity contribution in [2.24, 2.45) is 5.73 Å². The van der Waals surface area contributed by atoms with E-state index in [1.54, 1.807) is 0 Å². The summed E-state index contributed by atoms with van der Waals surface area (Å²) in [6.07, 6.45) is 5.78. The molecule has 1 fully saturated rings. The van der Waals surface area contributed by atoms with Gasteiger partial charge in [0.05, 0.1) is 0 Å². The van der Waals surface area contributed by atoms with Crippen LogP contribution in [0.25, 0.3) is 0 Å². The molecule has 0 spiro atoms. The zero-order valence-corrected chi connectivity index (χ0v) is 11.8. The van der Waals surface area contributed by atoms with Gasteiger partial charge in [0, 0.05) is 17.7 Å². The molecule has 0 radical (unpaired) electrons. The number of nitrogens with zero attached hydrogens (tertiary/aromatic N) is 1. The smallest absolute Gasteiger partial charge is 0.227 e. The van der Waals surface area contributed by atoms with E-state index >= 15 is 0 Å². The van der Waals surface area contributed by atoms with Crippen LogP contribution in [0.15, 0.2) is 12.1 Å². The van der Waals surface area contributed by atoms with Gasteiger partial charge in [-0.25, -0.2) is 4.98 Å². The highest BCUT2D eigenvalue weighted by atomic mass is 16.1. The number of hydrogen-bond donors (Lipinski definition) is 2. The standard InChI is InChI=1S/C15H23N3O/c1-11-8-12(2)17-13(9-11)18-14(19)10-15(16)6-4-3-5-7-15/h8-9H,3-7,10,16H2,1-2H3,(H,17,18,19). The molecule has 0 aromatic carbocycles. The van der Waals surface area contributed by atoms with Crippen molar-refractivity contribution in [3.8, 4) is 0 Å². The maximum Gasteiger partial charge on any atom is 0.227 e. The van der Waals surface area contributed by atoms with Gasteiger partial charge in [-0.2, -0.15) is 0 Å². The van der Waals surface area contributed by atoms with Crippen LogP contribution in [0.1, 0.15) is 49.8 Å². The van der Waals surface area contributed by atoms with Gasteiger partial charge in [0.25, 0.3) is 0 Å². The summed E-state index contributed by atoms with van der Waals surface area (Å²) in [5.74, 6) is 0.601. The second-order valence-electron chi connectivity index (χ2n) is 5.82. The van der Waals surface area contributed by atoms with Crippen molar-refractivity contribution in [2.45, 2.75) is 57.9 Å². The molecule has 0 unspecified atom stereocenters. The lowest BCUT2D eigenvalue weighted by Gasteiger charge is -2.32. The Labute approximate surface area is 114 Å². The molecule has 0 atom stereocenters. The molecule has 3 N–H and O–H groups in total. The minimum Gasteiger partial charge on any atom is -0.325 e. The van der Waals surface area contributed by atoms with Crippen LogP contribution in [-0.4, -0.2) is 16.4 Å². The Morgan fingerprint density at radius 1 is 1.32 bits per heavy atom. The number of carbonyl (C=O) groups is 1. The summed E-state index contributed by atoms with van der Waals surface area (Å²) in [6, 6.07) is 3.87. The Morgan fingerprint density at radius 3 is 2.63 bits per heavy atom. The van der Waals surface area contributed by atoms with Crippen molar-refractivity contribution in [2.75, 3.05) is 5.32 Å². The highest BCUT2D eigenvalue weighted by Crippen LogP contribution is 2.28. The Hall–Kier alpha value is -1.42. The summed E-state index contributed by atoms with van der Waals surface area (Å²) in [5.41, 5.74) is 7.99. The van der Waals surface area contributed by atoms with Gasteiger partial charge in [-0.3, -0.25) is 4.79 Å². The lowest BCUT2D eigenvalue weighted by atomic mass is 9.80. The van der Waals surface area contributed by atoms with Gasteiger partial charge in [-0.05, 0) is 44.4 Å². The molecule has 1 aliphatic carbocycles. The number of aromatic nitrogens is 1. The van der Waals surface area contributed by atoms with E-state index in [4.69, 9.17) is 5.73 Å². The highest BCUT2D eigenvalue weighted by Gasteiger charge is 2.30. The molecule has 1 saturated carbocycles. The molecule has 0 bridgehead atoms. The van der Waals surface area contributed by atoms with Crippen molar-refractivity contribution >= 4 is 11.7 Å². The number of nitrogens with one attached hydrogen (secondary N) is 1. The lowest BCUT2D eigenvalue weighted by Crippen LogP contribution is -2.44. The van der Waals surface area contributed by atoms with Crippen molar-refractivity contribution in [1.29, 1.82) is 0 Å². The van der Waals surface area contributed by atoms with Crippen LogP contribution in [0.4, 0.5) is 5.82 Å². The van der Waals surface area contributed by atoms with Crippen LogP contribution in [-0.2, 0) is 4.79 Å². The van der Waals surface area contributed by atoms with E-state index in [0.29, 0.717) is 12.2 Å². The summed E-state index contributed by atoms with van der Waals surface area (Å²) in [6.45, 7) is 3.92. The second kappa shape index (κ2) is 5.70. The molecule has 4 heteroatoms.